The van der Waals surface area contributed by atoms with Gasteiger partial charge in [0.2, 0.25) is 0 Å². The maximum absolute atomic E-state index is 12.2. The topological polar surface area (TPSA) is 78.8 Å². The Morgan fingerprint density at radius 3 is 2.61 bits per heavy atom. The molecule has 0 aliphatic rings. The number of aliphatic hydroxyl groups excluding tert-OH is 1. The van der Waals surface area contributed by atoms with Crippen LogP contribution in [0.1, 0.15) is 29.7 Å². The molecule has 0 radical (unpaired) electrons. The number of halogens is 2. The fourth-order valence-corrected chi connectivity index (χ4v) is 2.59. The molecular weight excluding hydrogens is 366 g/mol. The van der Waals surface area contributed by atoms with E-state index in [0.717, 1.165) is 12.0 Å². The summed E-state index contributed by atoms with van der Waals surface area (Å²) in [7, 11) is 0. The van der Waals surface area contributed by atoms with Crippen LogP contribution in [0.3, 0.4) is 0 Å². The summed E-state index contributed by atoms with van der Waals surface area (Å²) >= 11 is 0. The summed E-state index contributed by atoms with van der Waals surface area (Å²) in [4.78, 5) is 8.48. The lowest BCUT2D eigenvalue weighted by molar-refractivity contribution is -0.0498. The van der Waals surface area contributed by atoms with Crippen molar-refractivity contribution in [2.24, 2.45) is 4.99 Å². The Morgan fingerprint density at radius 1 is 1.21 bits per heavy atom. The highest BCUT2D eigenvalue weighted by Gasteiger charge is 2.09. The number of nitrogens with one attached hydrogen (secondary N) is 2. The average molecular weight is 392 g/mol. The fraction of sp³-hybridized carbons (Fsp3) is 0.400. The van der Waals surface area contributed by atoms with Crippen LogP contribution >= 0.6 is 0 Å². The van der Waals surface area contributed by atoms with Gasteiger partial charge in [-0.05, 0) is 55.2 Å². The van der Waals surface area contributed by atoms with Crippen molar-refractivity contribution in [2.45, 2.75) is 33.0 Å². The zero-order chi connectivity index (χ0) is 20.4. The Labute approximate surface area is 163 Å². The van der Waals surface area contributed by atoms with E-state index in [4.69, 9.17) is 0 Å². The van der Waals surface area contributed by atoms with Gasteiger partial charge < -0.3 is 20.5 Å². The predicted octanol–water partition coefficient (Wildman–Crippen LogP) is 2.82. The first kappa shape index (κ1) is 21.6. The minimum atomic E-state index is -2.87. The number of guanidine groups is 1. The molecule has 0 aliphatic heterocycles. The Morgan fingerprint density at radius 2 is 1.96 bits per heavy atom. The maximum atomic E-state index is 12.2. The van der Waals surface area contributed by atoms with Gasteiger partial charge in [0.05, 0.1) is 12.6 Å². The van der Waals surface area contributed by atoms with Gasteiger partial charge in [-0.1, -0.05) is 12.1 Å². The number of alkyl halides is 2. The van der Waals surface area contributed by atoms with E-state index in [1.54, 1.807) is 18.3 Å². The van der Waals surface area contributed by atoms with Gasteiger partial charge >= 0.3 is 6.61 Å². The number of aryl methyl sites for hydroxylation is 1. The van der Waals surface area contributed by atoms with Crippen LogP contribution in [-0.2, 0) is 6.42 Å². The van der Waals surface area contributed by atoms with Crippen molar-refractivity contribution in [3.63, 3.8) is 0 Å². The third-order valence-electron chi connectivity index (χ3n) is 4.08. The maximum Gasteiger partial charge on any atom is 0.387 e. The van der Waals surface area contributed by atoms with E-state index in [-0.39, 0.29) is 12.3 Å². The third-order valence-corrected chi connectivity index (χ3v) is 4.08. The zero-order valence-corrected chi connectivity index (χ0v) is 16.0. The molecule has 1 unspecified atom stereocenters. The molecule has 0 amide bonds. The minimum absolute atomic E-state index is 0.0517. The van der Waals surface area contributed by atoms with E-state index in [0.29, 0.717) is 24.6 Å². The molecule has 6 nitrogen and oxygen atoms in total. The van der Waals surface area contributed by atoms with E-state index in [1.807, 2.05) is 26.1 Å². The smallest absolute Gasteiger partial charge is 0.387 e. The lowest BCUT2D eigenvalue weighted by Gasteiger charge is -2.14. The molecule has 0 bridgehead atoms. The highest BCUT2D eigenvalue weighted by molar-refractivity contribution is 5.79. The molecule has 0 fully saturated rings. The Bertz CT molecular complexity index is 754. The van der Waals surface area contributed by atoms with Crippen LogP contribution < -0.4 is 15.4 Å². The van der Waals surface area contributed by atoms with Crippen LogP contribution in [0.15, 0.2) is 47.7 Å². The van der Waals surface area contributed by atoms with Crippen LogP contribution in [0, 0.1) is 6.92 Å². The number of hydrogen-bond donors (Lipinski definition) is 3. The van der Waals surface area contributed by atoms with E-state index in [9.17, 15) is 13.9 Å². The molecule has 1 aromatic carbocycles. The molecule has 28 heavy (non-hydrogen) atoms. The first-order valence-corrected chi connectivity index (χ1v) is 9.14. The molecule has 152 valence electrons. The minimum Gasteiger partial charge on any atom is -0.435 e. The van der Waals surface area contributed by atoms with Crippen LogP contribution in [0.2, 0.25) is 0 Å². The van der Waals surface area contributed by atoms with Crippen molar-refractivity contribution in [3.05, 3.63) is 59.4 Å². The second kappa shape index (κ2) is 11.2. The standard InChI is InChI=1S/C20H26F2N4O2/c1-3-24-20(25-11-9-15-8-10-23-12-14(15)2)26-13-18(27)16-4-6-17(7-5-16)28-19(21)22/h4-8,10,12,18-19,27H,3,9,11,13H2,1-2H3,(H2,24,25,26). The van der Waals surface area contributed by atoms with Crippen molar-refractivity contribution < 1.29 is 18.6 Å². The molecule has 0 spiro atoms. The summed E-state index contributed by atoms with van der Waals surface area (Å²) in [6, 6.07) is 7.88. The second-order valence-electron chi connectivity index (χ2n) is 6.16. The van der Waals surface area contributed by atoms with Crippen molar-refractivity contribution in [1.29, 1.82) is 0 Å². The summed E-state index contributed by atoms with van der Waals surface area (Å²) in [5, 5.41) is 16.7. The number of pyridine rings is 1. The number of aromatic nitrogens is 1. The SMILES string of the molecule is CCNC(=NCC(O)c1ccc(OC(F)F)cc1)NCCc1ccncc1C. The molecule has 1 atom stereocenters. The number of hydrogen-bond acceptors (Lipinski definition) is 4. The van der Waals surface area contributed by atoms with Crippen molar-refractivity contribution in [1.82, 2.24) is 15.6 Å². The number of rotatable bonds is 9. The number of aliphatic imine (C=N–C) groups is 1. The summed E-state index contributed by atoms with van der Waals surface area (Å²) in [6.45, 7) is 2.63. The van der Waals surface area contributed by atoms with Crippen molar-refractivity contribution >= 4 is 5.96 Å². The van der Waals surface area contributed by atoms with Crippen LogP contribution in [0.5, 0.6) is 5.75 Å². The molecule has 2 aromatic rings. The van der Waals surface area contributed by atoms with Gasteiger partial charge in [-0.3, -0.25) is 9.98 Å². The third kappa shape index (κ3) is 7.11. The second-order valence-corrected chi connectivity index (χ2v) is 6.16. The van der Waals surface area contributed by atoms with Gasteiger partial charge in [-0.2, -0.15) is 8.78 Å². The highest BCUT2D eigenvalue weighted by atomic mass is 19.3. The molecule has 8 heteroatoms. The fourth-order valence-electron chi connectivity index (χ4n) is 2.59. The lowest BCUT2D eigenvalue weighted by Crippen LogP contribution is -2.38. The summed E-state index contributed by atoms with van der Waals surface area (Å²) in [6.07, 6.45) is 3.59. The molecule has 1 aromatic heterocycles. The summed E-state index contributed by atoms with van der Waals surface area (Å²) < 4.78 is 28.7. The number of aliphatic hydroxyl groups is 1. The monoisotopic (exact) mass is 392 g/mol. The normalized spacial score (nSPS) is 12.7. The van der Waals surface area contributed by atoms with Gasteiger partial charge in [-0.25, -0.2) is 0 Å². The quantitative estimate of drug-likeness (QED) is 0.452. The van der Waals surface area contributed by atoms with E-state index >= 15 is 0 Å². The lowest BCUT2D eigenvalue weighted by atomic mass is 10.1. The van der Waals surface area contributed by atoms with Crippen LogP contribution in [0.25, 0.3) is 0 Å². The van der Waals surface area contributed by atoms with Crippen molar-refractivity contribution in [2.75, 3.05) is 19.6 Å². The Hall–Kier alpha value is -2.74. The van der Waals surface area contributed by atoms with Crippen LogP contribution in [-0.4, -0.2) is 42.3 Å². The first-order chi connectivity index (χ1) is 13.5. The van der Waals surface area contributed by atoms with Gasteiger partial charge in [0.15, 0.2) is 5.96 Å². The Kier molecular flexibility index (Phi) is 8.61. The average Bonchev–Trinajstić information content (AvgIpc) is 2.67. The molecule has 0 saturated carbocycles. The largest absolute Gasteiger partial charge is 0.435 e. The highest BCUT2D eigenvalue weighted by Crippen LogP contribution is 2.19. The number of benzene rings is 1. The van der Waals surface area contributed by atoms with E-state index in [1.165, 1.54) is 17.7 Å². The van der Waals surface area contributed by atoms with Crippen LogP contribution in [0.4, 0.5) is 8.78 Å². The van der Waals surface area contributed by atoms with Gasteiger partial charge in [0.1, 0.15) is 5.75 Å². The summed E-state index contributed by atoms with van der Waals surface area (Å²) in [5.74, 6) is 0.654. The van der Waals surface area contributed by atoms with Gasteiger partial charge in [0.25, 0.3) is 0 Å². The zero-order valence-electron chi connectivity index (χ0n) is 16.0. The molecular formula is C20H26F2N4O2. The number of nitrogens with zero attached hydrogens (tertiary/aromatic N) is 2. The summed E-state index contributed by atoms with van der Waals surface area (Å²) in [5.41, 5.74) is 2.93. The molecule has 1 heterocycles. The van der Waals surface area contributed by atoms with E-state index in [2.05, 4.69) is 25.3 Å². The molecule has 0 aliphatic carbocycles. The predicted molar refractivity (Wildman–Crippen MR) is 105 cm³/mol. The van der Waals surface area contributed by atoms with E-state index < -0.39 is 12.7 Å². The molecule has 2 rings (SSSR count). The first-order valence-electron chi connectivity index (χ1n) is 9.14. The molecule has 0 saturated heterocycles. The molecule has 3 N–H and O–H groups in total. The van der Waals surface area contributed by atoms with Crippen molar-refractivity contribution in [3.8, 4) is 5.75 Å². The van der Waals surface area contributed by atoms with Gasteiger partial charge in [0, 0.05) is 25.5 Å². The Balaban J connectivity index is 1.89. The van der Waals surface area contributed by atoms with Gasteiger partial charge in [-0.15, -0.1) is 0 Å². The number of ether oxygens (including phenoxy) is 1.